The third-order valence-corrected chi connectivity index (χ3v) is 4.63. The molecular formula is C21H15FN4. The first-order chi connectivity index (χ1) is 12.8. The normalized spacial score (nSPS) is 16.0. The molecule has 0 saturated carbocycles. The lowest BCUT2D eigenvalue weighted by Gasteiger charge is -2.26. The number of benzene rings is 2. The maximum atomic E-state index is 13.4. The fraction of sp³-hybridized carbons (Fsp3) is 0.0476. The SMILES string of the molecule is Fc1ccc(C2C=C(c3cccnc3)Nc3nc4ccccc4n32)cc1. The van der Waals surface area contributed by atoms with E-state index in [0.717, 1.165) is 33.8 Å². The molecule has 0 bridgehead atoms. The van der Waals surface area contributed by atoms with Gasteiger partial charge < -0.3 is 5.32 Å². The molecule has 0 saturated heterocycles. The highest BCUT2D eigenvalue weighted by Gasteiger charge is 2.25. The van der Waals surface area contributed by atoms with Crippen LogP contribution in [0.25, 0.3) is 16.7 Å². The van der Waals surface area contributed by atoms with E-state index >= 15 is 0 Å². The van der Waals surface area contributed by atoms with Crippen molar-refractivity contribution in [3.05, 3.63) is 96.1 Å². The van der Waals surface area contributed by atoms with Crippen LogP contribution in [0.3, 0.4) is 0 Å². The molecule has 1 unspecified atom stereocenters. The standard InChI is InChI=1S/C21H15FN4/c22-16-9-7-14(8-10-16)20-12-18(15-4-3-11-23-13-15)25-21-24-17-5-1-2-6-19(17)26(20)21/h1-13,20H,(H,24,25). The van der Waals surface area contributed by atoms with Gasteiger partial charge in [0.2, 0.25) is 5.95 Å². The molecule has 5 rings (SSSR count). The number of fused-ring (bicyclic) bond motifs is 3. The summed E-state index contributed by atoms with van der Waals surface area (Å²) in [7, 11) is 0. The van der Waals surface area contributed by atoms with Gasteiger partial charge in [-0.05, 0) is 48.0 Å². The second-order valence-electron chi connectivity index (χ2n) is 6.24. The number of aromatic nitrogens is 3. The van der Waals surface area contributed by atoms with Crippen LogP contribution in [0.1, 0.15) is 17.2 Å². The maximum Gasteiger partial charge on any atom is 0.209 e. The summed E-state index contributed by atoms with van der Waals surface area (Å²) in [6.07, 6.45) is 5.70. The van der Waals surface area contributed by atoms with Crippen molar-refractivity contribution in [1.29, 1.82) is 0 Å². The van der Waals surface area contributed by atoms with Gasteiger partial charge in [0.25, 0.3) is 0 Å². The minimum absolute atomic E-state index is 0.0885. The topological polar surface area (TPSA) is 42.7 Å². The summed E-state index contributed by atoms with van der Waals surface area (Å²) >= 11 is 0. The summed E-state index contributed by atoms with van der Waals surface area (Å²) in [5.74, 6) is 0.525. The Morgan fingerprint density at radius 2 is 1.81 bits per heavy atom. The van der Waals surface area contributed by atoms with E-state index in [4.69, 9.17) is 4.98 Å². The highest BCUT2D eigenvalue weighted by Crippen LogP contribution is 2.36. The lowest BCUT2D eigenvalue weighted by atomic mass is 10.0. The molecule has 0 radical (unpaired) electrons. The molecule has 0 amide bonds. The lowest BCUT2D eigenvalue weighted by molar-refractivity contribution is 0.624. The summed E-state index contributed by atoms with van der Waals surface area (Å²) in [6.45, 7) is 0. The quantitative estimate of drug-likeness (QED) is 0.578. The monoisotopic (exact) mass is 342 g/mol. The van der Waals surface area contributed by atoms with E-state index in [0.29, 0.717) is 0 Å². The van der Waals surface area contributed by atoms with Crippen molar-refractivity contribution in [2.24, 2.45) is 0 Å². The van der Waals surface area contributed by atoms with Crippen LogP contribution in [0.4, 0.5) is 10.3 Å². The van der Waals surface area contributed by atoms with E-state index in [1.165, 1.54) is 12.1 Å². The summed E-state index contributed by atoms with van der Waals surface area (Å²) in [4.78, 5) is 8.95. The van der Waals surface area contributed by atoms with Crippen molar-refractivity contribution in [3.63, 3.8) is 0 Å². The number of hydrogen-bond acceptors (Lipinski definition) is 3. The molecule has 26 heavy (non-hydrogen) atoms. The van der Waals surface area contributed by atoms with Gasteiger partial charge in [-0.15, -0.1) is 0 Å². The average molecular weight is 342 g/mol. The molecule has 1 N–H and O–H groups in total. The van der Waals surface area contributed by atoms with Crippen molar-refractivity contribution in [2.45, 2.75) is 6.04 Å². The second kappa shape index (κ2) is 5.81. The number of imidazole rings is 1. The Balaban J connectivity index is 1.73. The minimum atomic E-state index is -0.241. The van der Waals surface area contributed by atoms with Gasteiger partial charge in [-0.3, -0.25) is 9.55 Å². The molecule has 0 spiro atoms. The number of nitrogens with one attached hydrogen (secondary N) is 1. The number of para-hydroxylation sites is 2. The van der Waals surface area contributed by atoms with Crippen molar-refractivity contribution >= 4 is 22.7 Å². The zero-order valence-corrected chi connectivity index (χ0v) is 13.8. The molecule has 1 aliphatic heterocycles. The van der Waals surface area contributed by atoms with Crippen LogP contribution in [-0.4, -0.2) is 14.5 Å². The molecule has 4 aromatic rings. The van der Waals surface area contributed by atoms with E-state index in [1.54, 1.807) is 6.20 Å². The van der Waals surface area contributed by atoms with E-state index in [2.05, 4.69) is 20.9 Å². The number of rotatable bonds is 2. The van der Waals surface area contributed by atoms with Crippen molar-refractivity contribution in [3.8, 4) is 0 Å². The van der Waals surface area contributed by atoms with Crippen molar-refractivity contribution < 1.29 is 4.39 Å². The minimum Gasteiger partial charge on any atom is -0.325 e. The van der Waals surface area contributed by atoms with Crippen LogP contribution in [0.2, 0.25) is 0 Å². The lowest BCUT2D eigenvalue weighted by Crippen LogP contribution is -2.19. The maximum absolute atomic E-state index is 13.4. The third-order valence-electron chi connectivity index (χ3n) is 4.63. The van der Waals surface area contributed by atoms with Crippen LogP contribution in [0, 0.1) is 5.82 Å². The van der Waals surface area contributed by atoms with Gasteiger partial charge in [0.15, 0.2) is 0 Å². The molecule has 4 nitrogen and oxygen atoms in total. The van der Waals surface area contributed by atoms with Gasteiger partial charge in [0, 0.05) is 23.7 Å². The Labute approximate surface area is 149 Å². The van der Waals surface area contributed by atoms with Crippen LogP contribution < -0.4 is 5.32 Å². The molecule has 0 fully saturated rings. The zero-order valence-electron chi connectivity index (χ0n) is 13.8. The molecule has 5 heteroatoms. The molecular weight excluding hydrogens is 327 g/mol. The molecule has 126 valence electrons. The Kier molecular flexibility index (Phi) is 3.31. The van der Waals surface area contributed by atoms with Gasteiger partial charge in [0.1, 0.15) is 5.82 Å². The third kappa shape index (κ3) is 2.37. The number of nitrogens with zero attached hydrogens (tertiary/aromatic N) is 3. The molecule has 1 aliphatic rings. The van der Waals surface area contributed by atoms with E-state index in [-0.39, 0.29) is 11.9 Å². The number of hydrogen-bond donors (Lipinski definition) is 1. The van der Waals surface area contributed by atoms with E-state index in [1.807, 2.05) is 54.7 Å². The number of allylic oxidation sites excluding steroid dienone is 1. The first-order valence-corrected chi connectivity index (χ1v) is 8.41. The van der Waals surface area contributed by atoms with E-state index < -0.39 is 0 Å². The van der Waals surface area contributed by atoms with Gasteiger partial charge in [-0.25, -0.2) is 9.37 Å². The number of pyridine rings is 1. The molecule has 1 atom stereocenters. The first kappa shape index (κ1) is 14.8. The first-order valence-electron chi connectivity index (χ1n) is 8.41. The fourth-order valence-corrected chi connectivity index (χ4v) is 3.40. The highest BCUT2D eigenvalue weighted by atomic mass is 19.1. The van der Waals surface area contributed by atoms with Gasteiger partial charge in [-0.2, -0.15) is 0 Å². The van der Waals surface area contributed by atoms with Crippen LogP contribution in [-0.2, 0) is 0 Å². The summed E-state index contributed by atoms with van der Waals surface area (Å²) in [5, 5.41) is 3.41. The van der Waals surface area contributed by atoms with Crippen LogP contribution in [0.15, 0.2) is 79.1 Å². The smallest absolute Gasteiger partial charge is 0.209 e. The van der Waals surface area contributed by atoms with Crippen LogP contribution >= 0.6 is 0 Å². The van der Waals surface area contributed by atoms with Crippen LogP contribution in [0.5, 0.6) is 0 Å². The number of anilines is 1. The second-order valence-corrected chi connectivity index (χ2v) is 6.24. The highest BCUT2D eigenvalue weighted by molar-refractivity contribution is 5.85. The fourth-order valence-electron chi connectivity index (χ4n) is 3.40. The van der Waals surface area contributed by atoms with Gasteiger partial charge in [-0.1, -0.05) is 24.3 Å². The van der Waals surface area contributed by atoms with Gasteiger partial charge in [0.05, 0.1) is 17.1 Å². The van der Waals surface area contributed by atoms with Gasteiger partial charge >= 0.3 is 0 Å². The molecule has 2 aromatic heterocycles. The Bertz CT molecular complexity index is 1110. The van der Waals surface area contributed by atoms with Crippen molar-refractivity contribution in [2.75, 3.05) is 5.32 Å². The average Bonchev–Trinajstić information content (AvgIpc) is 3.07. The summed E-state index contributed by atoms with van der Waals surface area (Å²) < 4.78 is 15.6. The summed E-state index contributed by atoms with van der Waals surface area (Å²) in [5.41, 5.74) is 4.88. The Morgan fingerprint density at radius 1 is 0.962 bits per heavy atom. The Morgan fingerprint density at radius 3 is 2.62 bits per heavy atom. The molecule has 3 heterocycles. The zero-order chi connectivity index (χ0) is 17.5. The van der Waals surface area contributed by atoms with E-state index in [9.17, 15) is 4.39 Å². The molecule has 0 aliphatic carbocycles. The molecule has 2 aromatic carbocycles. The predicted molar refractivity (Wildman–Crippen MR) is 100 cm³/mol. The number of halogens is 1. The summed E-state index contributed by atoms with van der Waals surface area (Å²) in [6, 6.07) is 18.5. The van der Waals surface area contributed by atoms with Crippen molar-refractivity contribution in [1.82, 2.24) is 14.5 Å². The Hall–Kier alpha value is -3.47. The predicted octanol–water partition coefficient (Wildman–Crippen LogP) is 4.63. The largest absolute Gasteiger partial charge is 0.325 e.